The summed E-state index contributed by atoms with van der Waals surface area (Å²) < 4.78 is 18.7. The van der Waals surface area contributed by atoms with Crippen LogP contribution in [0.3, 0.4) is 0 Å². The van der Waals surface area contributed by atoms with Gasteiger partial charge in [0, 0.05) is 23.7 Å². The Balaban J connectivity index is 1.87. The van der Waals surface area contributed by atoms with Gasteiger partial charge in [-0.05, 0) is 37.7 Å². The molecule has 1 heterocycles. The van der Waals surface area contributed by atoms with E-state index in [1.807, 2.05) is 0 Å². The highest BCUT2D eigenvalue weighted by Gasteiger charge is 2.22. The predicted molar refractivity (Wildman–Crippen MR) is 92.1 cm³/mol. The van der Waals surface area contributed by atoms with E-state index >= 15 is 0 Å². The summed E-state index contributed by atoms with van der Waals surface area (Å²) in [5.41, 5.74) is 0.692. The van der Waals surface area contributed by atoms with Gasteiger partial charge in [0.1, 0.15) is 0 Å². The van der Waals surface area contributed by atoms with E-state index in [0.29, 0.717) is 22.4 Å². The summed E-state index contributed by atoms with van der Waals surface area (Å²) in [4.78, 5) is 16.7. The second-order valence-corrected chi connectivity index (χ2v) is 6.80. The summed E-state index contributed by atoms with van der Waals surface area (Å²) in [6.45, 7) is 2.23. The van der Waals surface area contributed by atoms with Crippen molar-refractivity contribution in [3.63, 3.8) is 0 Å². The summed E-state index contributed by atoms with van der Waals surface area (Å²) in [6.07, 6.45) is 5.59. The molecule has 1 aromatic heterocycles. The first kappa shape index (κ1) is 17.0. The normalized spacial score (nSPS) is 20.8. The smallest absolute Gasteiger partial charge is 0.254 e. The molecule has 0 saturated heterocycles. The van der Waals surface area contributed by atoms with Crippen molar-refractivity contribution in [3.05, 3.63) is 34.7 Å². The molecule has 128 valence electrons. The van der Waals surface area contributed by atoms with Gasteiger partial charge in [-0.1, -0.05) is 18.5 Å². The van der Waals surface area contributed by atoms with Crippen LogP contribution in [0.25, 0.3) is 10.9 Å². The maximum atomic E-state index is 13.8. The SMILES string of the molecule is COc1cc2c(Cl)c(C(=O)NC3CCC(C)CC3)cnc2cc1F. The molecule has 1 aromatic carbocycles. The van der Waals surface area contributed by atoms with Crippen LogP contribution < -0.4 is 10.1 Å². The van der Waals surface area contributed by atoms with E-state index in [1.165, 1.54) is 25.4 Å². The molecular formula is C18H20ClFN2O2. The van der Waals surface area contributed by atoms with Gasteiger partial charge in [-0.3, -0.25) is 9.78 Å². The molecule has 0 aliphatic heterocycles. The number of fused-ring (bicyclic) bond motifs is 1. The Morgan fingerprint density at radius 2 is 2.04 bits per heavy atom. The lowest BCUT2D eigenvalue weighted by Crippen LogP contribution is -2.37. The van der Waals surface area contributed by atoms with Crippen molar-refractivity contribution in [1.29, 1.82) is 0 Å². The number of halogens is 2. The third-order valence-electron chi connectivity index (χ3n) is 4.67. The Kier molecular flexibility index (Phi) is 4.90. The maximum absolute atomic E-state index is 13.8. The third-order valence-corrected chi connectivity index (χ3v) is 5.08. The standard InChI is InChI=1S/C18H20ClFN2O2/c1-10-3-5-11(6-4-10)22-18(23)13-9-21-15-8-14(20)16(24-2)7-12(15)17(13)19/h7-11H,3-6H2,1-2H3,(H,22,23). The molecule has 1 amide bonds. The molecule has 24 heavy (non-hydrogen) atoms. The van der Waals surface area contributed by atoms with Crippen LogP contribution in [0.4, 0.5) is 4.39 Å². The minimum Gasteiger partial charge on any atom is -0.494 e. The summed E-state index contributed by atoms with van der Waals surface area (Å²) in [7, 11) is 1.38. The quantitative estimate of drug-likeness (QED) is 0.895. The van der Waals surface area contributed by atoms with Gasteiger partial charge >= 0.3 is 0 Å². The van der Waals surface area contributed by atoms with Crippen LogP contribution in [0, 0.1) is 11.7 Å². The van der Waals surface area contributed by atoms with E-state index in [1.54, 1.807) is 0 Å². The Bertz CT molecular complexity index is 773. The van der Waals surface area contributed by atoms with E-state index in [4.69, 9.17) is 16.3 Å². The number of amides is 1. The molecule has 1 aliphatic carbocycles. The number of carbonyl (C=O) groups is 1. The number of hydrogen-bond acceptors (Lipinski definition) is 3. The Morgan fingerprint density at radius 1 is 1.33 bits per heavy atom. The molecule has 0 radical (unpaired) electrons. The van der Waals surface area contributed by atoms with Crippen LogP contribution in [0.1, 0.15) is 43.0 Å². The van der Waals surface area contributed by atoms with Crippen LogP contribution in [0.15, 0.2) is 18.3 Å². The van der Waals surface area contributed by atoms with E-state index < -0.39 is 5.82 Å². The molecule has 6 heteroatoms. The summed E-state index contributed by atoms with van der Waals surface area (Å²) in [6, 6.07) is 2.90. The van der Waals surface area contributed by atoms with Crippen molar-refractivity contribution in [2.24, 2.45) is 5.92 Å². The fraction of sp³-hybridized carbons (Fsp3) is 0.444. The van der Waals surface area contributed by atoms with Gasteiger partial charge in [0.05, 0.1) is 23.2 Å². The average molecular weight is 351 g/mol. The first-order valence-corrected chi connectivity index (χ1v) is 8.50. The van der Waals surface area contributed by atoms with Crippen molar-refractivity contribution in [1.82, 2.24) is 10.3 Å². The second-order valence-electron chi connectivity index (χ2n) is 6.42. The Hall–Kier alpha value is -1.88. The highest BCUT2D eigenvalue weighted by molar-refractivity contribution is 6.38. The van der Waals surface area contributed by atoms with Crippen molar-refractivity contribution < 1.29 is 13.9 Å². The van der Waals surface area contributed by atoms with Gasteiger partial charge in [0.25, 0.3) is 5.91 Å². The minimum absolute atomic E-state index is 0.0741. The number of nitrogens with one attached hydrogen (secondary N) is 1. The molecule has 3 rings (SSSR count). The third kappa shape index (κ3) is 3.31. The first-order chi connectivity index (χ1) is 11.5. The van der Waals surface area contributed by atoms with Crippen LogP contribution >= 0.6 is 11.6 Å². The zero-order chi connectivity index (χ0) is 17.3. The Labute approximate surface area is 145 Å². The van der Waals surface area contributed by atoms with E-state index in [-0.39, 0.29) is 22.7 Å². The molecule has 4 nitrogen and oxygen atoms in total. The largest absolute Gasteiger partial charge is 0.494 e. The average Bonchev–Trinajstić information content (AvgIpc) is 2.56. The number of nitrogens with zero attached hydrogens (tertiary/aromatic N) is 1. The lowest BCUT2D eigenvalue weighted by atomic mass is 9.87. The number of ether oxygens (including phenoxy) is 1. The highest BCUT2D eigenvalue weighted by Crippen LogP contribution is 2.31. The summed E-state index contributed by atoms with van der Waals surface area (Å²) >= 11 is 6.38. The minimum atomic E-state index is -0.512. The predicted octanol–water partition coefficient (Wildman–Crippen LogP) is 4.34. The number of benzene rings is 1. The topological polar surface area (TPSA) is 51.2 Å². The number of aromatic nitrogens is 1. The monoisotopic (exact) mass is 350 g/mol. The lowest BCUT2D eigenvalue weighted by molar-refractivity contribution is 0.0923. The number of pyridine rings is 1. The molecule has 1 aliphatic rings. The van der Waals surface area contributed by atoms with Crippen molar-refractivity contribution in [2.75, 3.05) is 7.11 Å². The van der Waals surface area contributed by atoms with Crippen molar-refractivity contribution in [2.45, 2.75) is 38.6 Å². The molecule has 1 N–H and O–H groups in total. The van der Waals surface area contributed by atoms with Gasteiger partial charge in [0.2, 0.25) is 0 Å². The Morgan fingerprint density at radius 3 is 2.71 bits per heavy atom. The summed E-state index contributed by atoms with van der Waals surface area (Å²) in [5.74, 6) is 0.0378. The number of methoxy groups -OCH3 is 1. The fourth-order valence-electron chi connectivity index (χ4n) is 3.14. The zero-order valence-corrected chi connectivity index (χ0v) is 14.5. The first-order valence-electron chi connectivity index (χ1n) is 8.12. The van der Waals surface area contributed by atoms with Gasteiger partial charge in [-0.25, -0.2) is 4.39 Å². The van der Waals surface area contributed by atoms with Gasteiger partial charge in [-0.15, -0.1) is 0 Å². The molecule has 2 aromatic rings. The maximum Gasteiger partial charge on any atom is 0.254 e. The lowest BCUT2D eigenvalue weighted by Gasteiger charge is -2.27. The van der Waals surface area contributed by atoms with E-state index in [9.17, 15) is 9.18 Å². The number of hydrogen-bond donors (Lipinski definition) is 1. The molecule has 1 fully saturated rings. The number of carbonyl (C=O) groups excluding carboxylic acids is 1. The van der Waals surface area contributed by atoms with Crippen molar-refractivity contribution >= 4 is 28.4 Å². The fourth-order valence-corrected chi connectivity index (χ4v) is 3.43. The molecule has 0 unspecified atom stereocenters. The molecule has 0 spiro atoms. The molecule has 0 atom stereocenters. The van der Waals surface area contributed by atoms with Crippen LogP contribution in [-0.4, -0.2) is 24.0 Å². The van der Waals surface area contributed by atoms with Crippen LogP contribution in [0.5, 0.6) is 5.75 Å². The highest BCUT2D eigenvalue weighted by atomic mass is 35.5. The molecule has 0 bridgehead atoms. The molecular weight excluding hydrogens is 331 g/mol. The second kappa shape index (κ2) is 6.93. The van der Waals surface area contributed by atoms with Crippen LogP contribution in [0.2, 0.25) is 5.02 Å². The molecule has 1 saturated carbocycles. The van der Waals surface area contributed by atoms with E-state index in [0.717, 1.165) is 25.7 Å². The van der Waals surface area contributed by atoms with Crippen LogP contribution in [-0.2, 0) is 0 Å². The van der Waals surface area contributed by atoms with Crippen molar-refractivity contribution in [3.8, 4) is 5.75 Å². The zero-order valence-electron chi connectivity index (χ0n) is 13.7. The van der Waals surface area contributed by atoms with Gasteiger partial charge in [0.15, 0.2) is 11.6 Å². The van der Waals surface area contributed by atoms with Gasteiger partial charge < -0.3 is 10.1 Å². The van der Waals surface area contributed by atoms with E-state index in [2.05, 4.69) is 17.2 Å². The summed E-state index contributed by atoms with van der Waals surface area (Å²) in [5, 5.41) is 3.80. The van der Waals surface area contributed by atoms with Gasteiger partial charge in [-0.2, -0.15) is 0 Å². The number of rotatable bonds is 3.